The van der Waals surface area contributed by atoms with E-state index in [4.69, 9.17) is 4.74 Å². The Labute approximate surface area is 169 Å². The first-order valence-corrected chi connectivity index (χ1v) is 10.6. The molecule has 2 aromatic carbocycles. The standard InChI is InChI=1S/C19H23N3O6S/c1-14-7-4-5-10-18(14)28-13-15(2)20-19(23)12-21(29(3,26)27)16-8-6-9-17(11-16)22(24)25/h4-11,15H,12-13H2,1-3H3,(H,20,23)/t15-/m1/s1. The zero-order valence-corrected chi connectivity index (χ0v) is 17.2. The van der Waals surface area contributed by atoms with Gasteiger partial charge in [-0.1, -0.05) is 24.3 Å². The molecule has 0 aliphatic heterocycles. The lowest BCUT2D eigenvalue weighted by Crippen LogP contribution is -2.44. The van der Waals surface area contributed by atoms with Gasteiger partial charge in [-0.3, -0.25) is 19.2 Å². The summed E-state index contributed by atoms with van der Waals surface area (Å²) in [6.07, 6.45) is 0.934. The van der Waals surface area contributed by atoms with Crippen molar-refractivity contribution in [2.24, 2.45) is 0 Å². The van der Waals surface area contributed by atoms with Crippen molar-refractivity contribution in [2.45, 2.75) is 19.9 Å². The van der Waals surface area contributed by atoms with E-state index in [2.05, 4.69) is 5.32 Å². The average Bonchev–Trinajstić information content (AvgIpc) is 2.64. The molecule has 1 atom stereocenters. The molecule has 1 amide bonds. The summed E-state index contributed by atoms with van der Waals surface area (Å²) in [5, 5.41) is 13.6. The minimum Gasteiger partial charge on any atom is -0.491 e. The number of sulfonamides is 1. The summed E-state index contributed by atoms with van der Waals surface area (Å²) in [6.45, 7) is 3.33. The van der Waals surface area contributed by atoms with E-state index in [9.17, 15) is 23.3 Å². The lowest BCUT2D eigenvalue weighted by atomic mass is 10.2. The van der Waals surface area contributed by atoms with Crippen LogP contribution in [-0.2, 0) is 14.8 Å². The maximum Gasteiger partial charge on any atom is 0.271 e. The first-order chi connectivity index (χ1) is 13.6. The van der Waals surface area contributed by atoms with Crippen LogP contribution >= 0.6 is 0 Å². The largest absolute Gasteiger partial charge is 0.491 e. The highest BCUT2D eigenvalue weighted by Gasteiger charge is 2.23. The molecule has 9 nitrogen and oxygen atoms in total. The van der Waals surface area contributed by atoms with Crippen LogP contribution in [0.1, 0.15) is 12.5 Å². The van der Waals surface area contributed by atoms with Gasteiger partial charge in [-0.15, -0.1) is 0 Å². The molecule has 0 fully saturated rings. The van der Waals surface area contributed by atoms with Crippen LogP contribution in [0.2, 0.25) is 0 Å². The van der Waals surface area contributed by atoms with Crippen LogP contribution in [-0.4, -0.2) is 44.7 Å². The highest BCUT2D eigenvalue weighted by atomic mass is 32.2. The number of nitro benzene ring substituents is 1. The number of nitrogens with zero attached hydrogens (tertiary/aromatic N) is 2. The summed E-state index contributed by atoms with van der Waals surface area (Å²) in [6, 6.07) is 12.2. The second-order valence-corrected chi connectivity index (χ2v) is 8.50. The van der Waals surface area contributed by atoms with Crippen molar-refractivity contribution in [3.63, 3.8) is 0 Å². The number of rotatable bonds is 9. The van der Waals surface area contributed by atoms with Gasteiger partial charge in [-0.25, -0.2) is 8.42 Å². The number of carbonyl (C=O) groups excluding carboxylic acids is 1. The number of para-hydroxylation sites is 1. The Morgan fingerprint density at radius 1 is 1.24 bits per heavy atom. The monoisotopic (exact) mass is 421 g/mol. The number of anilines is 1. The summed E-state index contributed by atoms with van der Waals surface area (Å²) in [7, 11) is -3.83. The first-order valence-electron chi connectivity index (χ1n) is 8.78. The molecule has 0 spiro atoms. The third kappa shape index (κ3) is 6.46. The molecular formula is C19H23N3O6S. The van der Waals surface area contributed by atoms with E-state index in [0.717, 1.165) is 22.2 Å². The quantitative estimate of drug-likeness (QED) is 0.490. The van der Waals surface area contributed by atoms with Crippen molar-refractivity contribution in [1.82, 2.24) is 5.32 Å². The van der Waals surface area contributed by atoms with E-state index in [1.807, 2.05) is 31.2 Å². The summed E-state index contributed by atoms with van der Waals surface area (Å²) < 4.78 is 30.8. The molecule has 0 aliphatic rings. The number of hydrogen-bond donors (Lipinski definition) is 1. The smallest absolute Gasteiger partial charge is 0.271 e. The maximum absolute atomic E-state index is 12.4. The molecule has 0 saturated heterocycles. The Balaban J connectivity index is 2.04. The number of nitrogens with one attached hydrogen (secondary N) is 1. The van der Waals surface area contributed by atoms with Crippen molar-refractivity contribution < 1.29 is 22.9 Å². The van der Waals surface area contributed by atoms with Crippen molar-refractivity contribution >= 4 is 27.3 Å². The van der Waals surface area contributed by atoms with Gasteiger partial charge in [0.2, 0.25) is 15.9 Å². The molecule has 156 valence electrons. The third-order valence-corrected chi connectivity index (χ3v) is 5.15. The molecule has 10 heteroatoms. The van der Waals surface area contributed by atoms with Gasteiger partial charge in [0, 0.05) is 12.1 Å². The Kier molecular flexibility index (Phi) is 7.16. The summed E-state index contributed by atoms with van der Waals surface area (Å²) >= 11 is 0. The molecule has 0 heterocycles. The van der Waals surface area contributed by atoms with Gasteiger partial charge in [-0.05, 0) is 31.5 Å². The molecule has 0 saturated carbocycles. The van der Waals surface area contributed by atoms with E-state index in [-0.39, 0.29) is 24.0 Å². The minimum absolute atomic E-state index is 0.0423. The number of hydrogen-bond acceptors (Lipinski definition) is 6. The molecule has 0 aromatic heterocycles. The molecule has 0 bridgehead atoms. The minimum atomic E-state index is -3.83. The van der Waals surface area contributed by atoms with E-state index >= 15 is 0 Å². The highest BCUT2D eigenvalue weighted by Crippen LogP contribution is 2.23. The fourth-order valence-electron chi connectivity index (χ4n) is 2.59. The number of ether oxygens (including phenoxy) is 1. The molecule has 2 aromatic rings. The topological polar surface area (TPSA) is 119 Å². The van der Waals surface area contributed by atoms with Crippen LogP contribution in [0.3, 0.4) is 0 Å². The fraction of sp³-hybridized carbons (Fsp3) is 0.316. The first kappa shape index (κ1) is 22.2. The molecule has 0 aliphatic carbocycles. The zero-order chi connectivity index (χ0) is 21.6. The van der Waals surface area contributed by atoms with Gasteiger partial charge in [0.05, 0.1) is 22.9 Å². The summed E-state index contributed by atoms with van der Waals surface area (Å²) in [5.74, 6) is 0.144. The van der Waals surface area contributed by atoms with E-state index < -0.39 is 27.4 Å². The molecule has 0 radical (unpaired) electrons. The van der Waals surface area contributed by atoms with Crippen molar-refractivity contribution in [3.05, 3.63) is 64.2 Å². The predicted octanol–water partition coefficient (Wildman–Crippen LogP) is 2.25. The Hall–Kier alpha value is -3.14. The Morgan fingerprint density at radius 3 is 2.55 bits per heavy atom. The van der Waals surface area contributed by atoms with Gasteiger partial charge >= 0.3 is 0 Å². The number of aryl methyl sites for hydroxylation is 1. The van der Waals surface area contributed by atoms with Gasteiger partial charge in [0.25, 0.3) is 5.69 Å². The van der Waals surface area contributed by atoms with Gasteiger partial charge in [-0.2, -0.15) is 0 Å². The van der Waals surface area contributed by atoms with Crippen molar-refractivity contribution in [1.29, 1.82) is 0 Å². The van der Waals surface area contributed by atoms with Gasteiger partial charge in [0.15, 0.2) is 0 Å². The average molecular weight is 421 g/mol. The molecule has 29 heavy (non-hydrogen) atoms. The van der Waals surface area contributed by atoms with E-state index in [1.54, 1.807) is 6.92 Å². The molecule has 0 unspecified atom stereocenters. The molecular weight excluding hydrogens is 398 g/mol. The lowest BCUT2D eigenvalue weighted by molar-refractivity contribution is -0.384. The Morgan fingerprint density at radius 2 is 1.93 bits per heavy atom. The van der Waals surface area contributed by atoms with Crippen molar-refractivity contribution in [3.8, 4) is 5.75 Å². The fourth-order valence-corrected chi connectivity index (χ4v) is 3.44. The van der Waals surface area contributed by atoms with Crippen LogP contribution < -0.4 is 14.4 Å². The van der Waals surface area contributed by atoms with Crippen LogP contribution in [0.4, 0.5) is 11.4 Å². The normalized spacial score (nSPS) is 12.1. The van der Waals surface area contributed by atoms with Crippen LogP contribution in [0, 0.1) is 17.0 Å². The van der Waals surface area contributed by atoms with Crippen LogP contribution in [0.5, 0.6) is 5.75 Å². The number of amides is 1. The van der Waals surface area contributed by atoms with Gasteiger partial charge < -0.3 is 10.1 Å². The SMILES string of the molecule is Cc1ccccc1OC[C@@H](C)NC(=O)CN(c1cccc([N+](=O)[O-])c1)S(C)(=O)=O. The maximum atomic E-state index is 12.4. The summed E-state index contributed by atoms with van der Waals surface area (Å²) in [4.78, 5) is 22.7. The van der Waals surface area contributed by atoms with Crippen molar-refractivity contribution in [2.75, 3.05) is 23.7 Å². The molecule has 1 N–H and O–H groups in total. The highest BCUT2D eigenvalue weighted by molar-refractivity contribution is 7.92. The molecule has 2 rings (SSSR count). The zero-order valence-electron chi connectivity index (χ0n) is 16.4. The predicted molar refractivity (Wildman–Crippen MR) is 110 cm³/mol. The van der Waals surface area contributed by atoms with Crippen LogP contribution in [0.15, 0.2) is 48.5 Å². The second kappa shape index (κ2) is 9.37. The number of carbonyl (C=O) groups is 1. The number of non-ortho nitro benzene ring substituents is 1. The number of benzene rings is 2. The van der Waals surface area contributed by atoms with Gasteiger partial charge in [0.1, 0.15) is 18.9 Å². The Bertz CT molecular complexity index is 993. The summed E-state index contributed by atoms with van der Waals surface area (Å²) in [5.41, 5.74) is 0.733. The van der Waals surface area contributed by atoms with E-state index in [1.165, 1.54) is 18.2 Å². The van der Waals surface area contributed by atoms with Crippen LogP contribution in [0.25, 0.3) is 0 Å². The second-order valence-electron chi connectivity index (χ2n) is 6.59. The third-order valence-electron chi connectivity index (χ3n) is 4.01. The number of nitro groups is 1. The van der Waals surface area contributed by atoms with E-state index in [0.29, 0.717) is 5.75 Å². The lowest BCUT2D eigenvalue weighted by Gasteiger charge is -2.23.